The largest absolute Gasteiger partial charge is 0.370 e. The summed E-state index contributed by atoms with van der Waals surface area (Å²) in [4.78, 5) is 4.49. The molecule has 1 aromatic rings. The Hall–Kier alpha value is -1.04. The molecular weight excluding hydrogens is 373 g/mol. The van der Waals surface area contributed by atoms with Gasteiger partial charge in [-0.05, 0) is 67.7 Å². The fourth-order valence-electron chi connectivity index (χ4n) is 3.09. The van der Waals surface area contributed by atoms with Gasteiger partial charge in [-0.3, -0.25) is 4.99 Å². The minimum Gasteiger partial charge on any atom is -0.370 e. The van der Waals surface area contributed by atoms with Gasteiger partial charge in [0.25, 0.3) is 0 Å². The molecule has 1 unspecified atom stereocenters. The van der Waals surface area contributed by atoms with Crippen LogP contribution in [-0.4, -0.2) is 12.5 Å². The van der Waals surface area contributed by atoms with E-state index in [0.717, 1.165) is 18.7 Å². The van der Waals surface area contributed by atoms with Crippen LogP contribution in [0.5, 0.6) is 0 Å². The smallest absolute Gasteiger partial charge is 0.193 e. The third-order valence-electron chi connectivity index (χ3n) is 4.27. The van der Waals surface area contributed by atoms with Crippen molar-refractivity contribution in [2.24, 2.45) is 16.6 Å². The zero-order valence-electron chi connectivity index (χ0n) is 12.3. The number of allylic oxidation sites excluding steroid dienone is 2. The molecule has 2 aliphatic carbocycles. The van der Waals surface area contributed by atoms with Crippen LogP contribution in [-0.2, 0) is 12.8 Å². The topological polar surface area (TPSA) is 50.4 Å². The Bertz CT molecular complexity index is 537. The predicted octanol–water partition coefficient (Wildman–Crippen LogP) is 3.88. The normalized spacial score (nSPS) is 20.8. The number of fused-ring (bicyclic) bond motifs is 1. The molecule has 0 radical (unpaired) electrons. The highest BCUT2D eigenvalue weighted by atomic mass is 127. The van der Waals surface area contributed by atoms with Crippen molar-refractivity contribution in [1.82, 2.24) is 0 Å². The van der Waals surface area contributed by atoms with Gasteiger partial charge in [-0.2, -0.15) is 0 Å². The van der Waals surface area contributed by atoms with Crippen LogP contribution in [0.4, 0.5) is 5.69 Å². The maximum Gasteiger partial charge on any atom is 0.193 e. The van der Waals surface area contributed by atoms with Gasteiger partial charge in [0.15, 0.2) is 5.96 Å². The van der Waals surface area contributed by atoms with Gasteiger partial charge in [0, 0.05) is 12.2 Å². The summed E-state index contributed by atoms with van der Waals surface area (Å²) in [5.74, 6) is 1.19. The molecule has 0 saturated heterocycles. The van der Waals surface area contributed by atoms with Crippen LogP contribution < -0.4 is 11.1 Å². The van der Waals surface area contributed by atoms with E-state index in [-0.39, 0.29) is 24.0 Å². The molecule has 0 amide bonds. The highest BCUT2D eigenvalue weighted by molar-refractivity contribution is 14.0. The summed E-state index contributed by atoms with van der Waals surface area (Å²) in [7, 11) is 0. The van der Waals surface area contributed by atoms with Crippen LogP contribution in [0, 0.1) is 5.92 Å². The number of hydrogen-bond acceptors (Lipinski definition) is 1. The number of nitrogens with zero attached hydrogens (tertiary/aromatic N) is 1. The molecule has 1 aromatic carbocycles. The molecule has 0 aliphatic heterocycles. The van der Waals surface area contributed by atoms with Crippen LogP contribution in [0.3, 0.4) is 0 Å². The number of guanidine groups is 1. The Morgan fingerprint density at radius 1 is 1.24 bits per heavy atom. The van der Waals surface area contributed by atoms with Crippen molar-refractivity contribution in [3.8, 4) is 0 Å². The molecule has 0 fully saturated rings. The zero-order chi connectivity index (χ0) is 13.8. The lowest BCUT2D eigenvalue weighted by atomic mass is 9.95. The van der Waals surface area contributed by atoms with Crippen LogP contribution in [0.15, 0.2) is 35.3 Å². The summed E-state index contributed by atoms with van der Waals surface area (Å²) in [6, 6.07) is 6.54. The van der Waals surface area contributed by atoms with E-state index in [1.165, 1.54) is 43.2 Å². The van der Waals surface area contributed by atoms with Crippen molar-refractivity contribution in [3.05, 3.63) is 41.5 Å². The number of rotatable bonds is 3. The SMILES string of the molecule is I.NC(=NCC1CC=CCC1)Nc1ccc2c(c1)CCC2. The molecule has 3 nitrogen and oxygen atoms in total. The summed E-state index contributed by atoms with van der Waals surface area (Å²) < 4.78 is 0. The third kappa shape index (κ3) is 4.46. The van der Waals surface area contributed by atoms with Gasteiger partial charge in [0.1, 0.15) is 0 Å². The van der Waals surface area contributed by atoms with Crippen molar-refractivity contribution < 1.29 is 0 Å². The Labute approximate surface area is 144 Å². The Balaban J connectivity index is 0.00000161. The lowest BCUT2D eigenvalue weighted by Gasteiger charge is -2.15. The highest BCUT2D eigenvalue weighted by Crippen LogP contribution is 2.24. The molecule has 2 aliphatic rings. The van der Waals surface area contributed by atoms with Crippen LogP contribution >= 0.6 is 24.0 Å². The monoisotopic (exact) mass is 397 g/mol. The predicted molar refractivity (Wildman–Crippen MR) is 100 cm³/mol. The van der Waals surface area contributed by atoms with Crippen molar-refractivity contribution in [1.29, 1.82) is 0 Å². The standard InChI is InChI=1S/C17H23N3.HI/c18-17(19-12-13-5-2-1-3-6-13)20-16-10-9-14-7-4-8-15(14)11-16;/h1-2,9-11,13H,3-8,12H2,(H3,18,19,20);1H. The first-order valence-corrected chi connectivity index (χ1v) is 7.65. The number of nitrogens with one attached hydrogen (secondary N) is 1. The van der Waals surface area contributed by atoms with Crippen molar-refractivity contribution >= 4 is 35.6 Å². The number of benzene rings is 1. The van der Waals surface area contributed by atoms with E-state index in [0.29, 0.717) is 11.9 Å². The fraction of sp³-hybridized carbons (Fsp3) is 0.471. The van der Waals surface area contributed by atoms with E-state index in [9.17, 15) is 0 Å². The number of halogens is 1. The number of aryl methyl sites for hydroxylation is 2. The molecule has 3 N–H and O–H groups in total. The minimum atomic E-state index is 0. The molecule has 21 heavy (non-hydrogen) atoms. The van der Waals surface area contributed by atoms with Gasteiger partial charge in [-0.1, -0.05) is 18.2 Å². The summed E-state index contributed by atoms with van der Waals surface area (Å²) in [5.41, 5.74) is 10.00. The molecule has 1 atom stereocenters. The zero-order valence-corrected chi connectivity index (χ0v) is 14.7. The molecule has 0 saturated carbocycles. The maximum atomic E-state index is 5.99. The van der Waals surface area contributed by atoms with E-state index in [4.69, 9.17) is 5.73 Å². The second-order valence-electron chi connectivity index (χ2n) is 5.84. The number of aliphatic imine (C=N–C) groups is 1. The molecule has 3 rings (SSSR count). The number of nitrogens with two attached hydrogens (primary N) is 1. The summed E-state index contributed by atoms with van der Waals surface area (Å²) in [5, 5.41) is 3.22. The molecule has 0 bridgehead atoms. The van der Waals surface area contributed by atoms with E-state index in [1.54, 1.807) is 0 Å². The van der Waals surface area contributed by atoms with Crippen LogP contribution in [0.25, 0.3) is 0 Å². The van der Waals surface area contributed by atoms with Gasteiger partial charge in [-0.25, -0.2) is 0 Å². The van der Waals surface area contributed by atoms with Crippen molar-refractivity contribution in [2.75, 3.05) is 11.9 Å². The number of anilines is 1. The minimum absolute atomic E-state index is 0. The van der Waals surface area contributed by atoms with Crippen LogP contribution in [0.1, 0.15) is 36.8 Å². The second-order valence-corrected chi connectivity index (χ2v) is 5.84. The lowest BCUT2D eigenvalue weighted by Crippen LogP contribution is -2.24. The van der Waals surface area contributed by atoms with E-state index >= 15 is 0 Å². The number of hydrogen-bond donors (Lipinski definition) is 2. The quantitative estimate of drug-likeness (QED) is 0.352. The average Bonchev–Trinajstić information content (AvgIpc) is 2.94. The van der Waals surface area contributed by atoms with Crippen molar-refractivity contribution in [3.63, 3.8) is 0 Å². The fourth-order valence-corrected chi connectivity index (χ4v) is 3.09. The Morgan fingerprint density at radius 2 is 2.10 bits per heavy atom. The van der Waals surface area contributed by atoms with Gasteiger partial charge in [0.2, 0.25) is 0 Å². The van der Waals surface area contributed by atoms with Gasteiger partial charge in [-0.15, -0.1) is 24.0 Å². The second kappa shape index (κ2) is 7.82. The molecular formula is C17H24IN3. The molecule has 0 aromatic heterocycles. The van der Waals surface area contributed by atoms with Crippen molar-refractivity contribution in [2.45, 2.75) is 38.5 Å². The van der Waals surface area contributed by atoms with Gasteiger partial charge in [0.05, 0.1) is 0 Å². The summed E-state index contributed by atoms with van der Waals surface area (Å²) in [6.45, 7) is 0.827. The Morgan fingerprint density at radius 3 is 2.90 bits per heavy atom. The first kappa shape index (κ1) is 16.3. The summed E-state index contributed by atoms with van der Waals surface area (Å²) in [6.07, 6.45) is 11.7. The molecule has 0 heterocycles. The first-order chi connectivity index (χ1) is 9.81. The van der Waals surface area contributed by atoms with Crippen LogP contribution in [0.2, 0.25) is 0 Å². The lowest BCUT2D eigenvalue weighted by molar-refractivity contribution is 0.492. The average molecular weight is 397 g/mol. The molecule has 114 valence electrons. The van der Waals surface area contributed by atoms with E-state index < -0.39 is 0 Å². The van der Waals surface area contributed by atoms with E-state index in [1.807, 2.05) is 0 Å². The molecule has 4 heteroatoms. The Kier molecular flexibility index (Phi) is 6.08. The highest BCUT2D eigenvalue weighted by Gasteiger charge is 2.11. The third-order valence-corrected chi connectivity index (χ3v) is 4.27. The van der Waals surface area contributed by atoms with Gasteiger partial charge < -0.3 is 11.1 Å². The molecule has 0 spiro atoms. The van der Waals surface area contributed by atoms with Gasteiger partial charge >= 0.3 is 0 Å². The first-order valence-electron chi connectivity index (χ1n) is 7.65. The maximum absolute atomic E-state index is 5.99. The van der Waals surface area contributed by atoms with E-state index in [2.05, 4.69) is 40.7 Å². The summed E-state index contributed by atoms with van der Waals surface area (Å²) >= 11 is 0.